The lowest BCUT2D eigenvalue weighted by atomic mass is 9.96. The van der Waals surface area contributed by atoms with Gasteiger partial charge in [0.05, 0.1) is 26.0 Å². The Bertz CT molecular complexity index is 1390. The fraction of sp³-hybridized carbons (Fsp3) is 0.185. The zero-order valence-electron chi connectivity index (χ0n) is 19.2. The molecule has 1 unspecified atom stereocenters. The second kappa shape index (κ2) is 9.76. The fourth-order valence-corrected chi connectivity index (χ4v) is 5.11. The first-order valence-electron chi connectivity index (χ1n) is 11.1. The predicted molar refractivity (Wildman–Crippen MR) is 139 cm³/mol. The van der Waals surface area contributed by atoms with E-state index in [1.807, 2.05) is 65.6 Å². The molecule has 0 aliphatic carbocycles. The van der Waals surface area contributed by atoms with Crippen molar-refractivity contribution in [1.82, 2.24) is 15.1 Å². The summed E-state index contributed by atoms with van der Waals surface area (Å²) < 4.78 is 11.8. The molecule has 8 heteroatoms. The molecule has 0 fully saturated rings. The van der Waals surface area contributed by atoms with Gasteiger partial charge in [-0.25, -0.2) is 0 Å². The van der Waals surface area contributed by atoms with Gasteiger partial charge >= 0.3 is 0 Å². The fourth-order valence-electron chi connectivity index (χ4n) is 4.56. The molecule has 4 aromatic rings. The third-order valence-electron chi connectivity index (χ3n) is 6.24. The van der Waals surface area contributed by atoms with Gasteiger partial charge < -0.3 is 14.4 Å². The minimum Gasteiger partial charge on any atom is -0.493 e. The third-order valence-corrected chi connectivity index (χ3v) is 6.98. The van der Waals surface area contributed by atoms with Gasteiger partial charge in [-0.15, -0.1) is 0 Å². The van der Waals surface area contributed by atoms with E-state index in [-0.39, 0.29) is 11.9 Å². The van der Waals surface area contributed by atoms with Crippen LogP contribution in [0.1, 0.15) is 33.2 Å². The van der Waals surface area contributed by atoms with E-state index < -0.39 is 0 Å². The van der Waals surface area contributed by atoms with Gasteiger partial charge in [0.1, 0.15) is 5.69 Å². The summed E-state index contributed by atoms with van der Waals surface area (Å²) in [7, 11) is 3.23. The molecule has 1 N–H and O–H groups in total. The van der Waals surface area contributed by atoms with Crippen LogP contribution < -0.4 is 9.47 Å². The van der Waals surface area contributed by atoms with E-state index in [0.29, 0.717) is 35.2 Å². The molecule has 0 saturated heterocycles. The van der Waals surface area contributed by atoms with Crippen molar-refractivity contribution in [3.8, 4) is 22.8 Å². The van der Waals surface area contributed by atoms with E-state index in [9.17, 15) is 4.79 Å². The van der Waals surface area contributed by atoms with E-state index in [1.165, 1.54) is 0 Å². The number of benzene rings is 3. The molecule has 1 aromatic heterocycles. The molecule has 1 atom stereocenters. The molecule has 0 bridgehead atoms. The molecule has 35 heavy (non-hydrogen) atoms. The number of rotatable bonds is 7. The van der Waals surface area contributed by atoms with Crippen LogP contribution in [0, 0.1) is 0 Å². The number of H-pyrrole nitrogens is 1. The van der Waals surface area contributed by atoms with Crippen LogP contribution in [0.15, 0.2) is 71.2 Å². The second-order valence-electron chi connectivity index (χ2n) is 8.26. The van der Waals surface area contributed by atoms with E-state index in [0.717, 1.165) is 32.4 Å². The largest absolute Gasteiger partial charge is 0.493 e. The van der Waals surface area contributed by atoms with Crippen LogP contribution in [-0.4, -0.2) is 41.8 Å². The number of hydrogen-bond donors (Lipinski definition) is 1. The monoisotopic (exact) mass is 551 g/mol. The van der Waals surface area contributed by atoms with E-state index in [4.69, 9.17) is 21.1 Å². The summed E-state index contributed by atoms with van der Waals surface area (Å²) in [6.45, 7) is 0.522. The number of carbonyl (C=O) groups is 1. The SMILES string of the molecule is COc1ccc(CCN2C(=O)c3[nH]nc(-c4ccc(Cl)cc4)c3C2c2cccc(Br)c2)cc1OC. The number of hydrogen-bond acceptors (Lipinski definition) is 4. The Labute approximate surface area is 217 Å². The van der Waals surface area contributed by atoms with Crippen molar-refractivity contribution in [3.63, 3.8) is 0 Å². The highest BCUT2D eigenvalue weighted by atomic mass is 79.9. The number of carbonyl (C=O) groups excluding carboxylic acids is 1. The number of ether oxygens (including phenoxy) is 2. The highest BCUT2D eigenvalue weighted by Gasteiger charge is 2.42. The van der Waals surface area contributed by atoms with Gasteiger partial charge in [0.15, 0.2) is 11.5 Å². The summed E-state index contributed by atoms with van der Waals surface area (Å²) in [5, 5.41) is 8.18. The van der Waals surface area contributed by atoms with Gasteiger partial charge in [0, 0.05) is 27.2 Å². The van der Waals surface area contributed by atoms with Gasteiger partial charge in [0.25, 0.3) is 5.91 Å². The lowest BCUT2D eigenvalue weighted by Crippen LogP contribution is -2.31. The summed E-state index contributed by atoms with van der Waals surface area (Å²) in [4.78, 5) is 15.5. The van der Waals surface area contributed by atoms with E-state index in [1.54, 1.807) is 14.2 Å². The number of nitrogens with one attached hydrogen (secondary N) is 1. The molecule has 1 amide bonds. The van der Waals surface area contributed by atoms with Gasteiger partial charge in [-0.3, -0.25) is 9.89 Å². The zero-order chi connectivity index (χ0) is 24.5. The molecule has 0 radical (unpaired) electrons. The van der Waals surface area contributed by atoms with Crippen molar-refractivity contribution in [2.24, 2.45) is 0 Å². The number of fused-ring (bicyclic) bond motifs is 1. The maximum atomic E-state index is 13.6. The summed E-state index contributed by atoms with van der Waals surface area (Å²) >= 11 is 9.69. The number of methoxy groups -OCH3 is 2. The minimum atomic E-state index is -0.278. The van der Waals surface area contributed by atoms with Crippen molar-refractivity contribution in [3.05, 3.63) is 98.6 Å². The van der Waals surface area contributed by atoms with Gasteiger partial charge in [0.2, 0.25) is 0 Å². The quantitative estimate of drug-likeness (QED) is 0.292. The Morgan fingerprint density at radius 3 is 2.51 bits per heavy atom. The molecule has 0 spiro atoms. The first-order chi connectivity index (χ1) is 17.0. The first-order valence-corrected chi connectivity index (χ1v) is 12.3. The Balaban J connectivity index is 1.53. The van der Waals surface area contributed by atoms with E-state index in [2.05, 4.69) is 32.2 Å². The van der Waals surface area contributed by atoms with Crippen LogP contribution >= 0.6 is 27.5 Å². The average molecular weight is 553 g/mol. The molecule has 1 aliphatic heterocycles. The number of aromatic nitrogens is 2. The molecule has 2 heterocycles. The Morgan fingerprint density at radius 2 is 1.80 bits per heavy atom. The topological polar surface area (TPSA) is 67.5 Å². The van der Waals surface area contributed by atoms with Crippen LogP contribution in [0.4, 0.5) is 0 Å². The van der Waals surface area contributed by atoms with Crippen molar-refractivity contribution in [2.75, 3.05) is 20.8 Å². The standard InChI is InChI=1S/C27H23BrClN3O3/c1-34-21-11-6-16(14-22(21)35-2)12-13-32-26(18-4-3-5-19(28)15-18)23-24(30-31-25(23)27(32)33)17-7-9-20(29)10-8-17/h3-11,14-15,26H,12-13H2,1-2H3,(H,30,31). The smallest absolute Gasteiger partial charge is 0.273 e. The number of nitrogens with zero attached hydrogens (tertiary/aromatic N) is 2. The average Bonchev–Trinajstić information content (AvgIpc) is 3.41. The summed E-state index contributed by atoms with van der Waals surface area (Å²) in [6, 6.07) is 21.1. The first kappa shape index (κ1) is 23.5. The van der Waals surface area contributed by atoms with Crippen LogP contribution in [0.5, 0.6) is 11.5 Å². The lowest BCUT2D eigenvalue weighted by molar-refractivity contribution is 0.0746. The molecule has 3 aromatic carbocycles. The third kappa shape index (κ3) is 4.42. The minimum absolute atomic E-state index is 0.0711. The highest BCUT2D eigenvalue weighted by Crippen LogP contribution is 2.43. The van der Waals surface area contributed by atoms with Gasteiger partial charge in [-0.1, -0.05) is 57.9 Å². The summed E-state index contributed by atoms with van der Waals surface area (Å²) in [6.07, 6.45) is 0.657. The van der Waals surface area contributed by atoms with Gasteiger partial charge in [-0.2, -0.15) is 5.10 Å². The van der Waals surface area contributed by atoms with Crippen LogP contribution in [0.2, 0.25) is 5.02 Å². The van der Waals surface area contributed by atoms with Crippen LogP contribution in [0.3, 0.4) is 0 Å². The molecule has 1 aliphatic rings. The number of halogens is 2. The molecule has 5 rings (SSSR count). The molecule has 178 valence electrons. The van der Waals surface area contributed by atoms with Crippen molar-refractivity contribution < 1.29 is 14.3 Å². The highest BCUT2D eigenvalue weighted by molar-refractivity contribution is 9.10. The Hall–Kier alpha value is -3.29. The van der Waals surface area contributed by atoms with Crippen LogP contribution in [-0.2, 0) is 6.42 Å². The van der Waals surface area contributed by atoms with Crippen molar-refractivity contribution in [1.29, 1.82) is 0 Å². The summed E-state index contributed by atoms with van der Waals surface area (Å²) in [5.74, 6) is 1.27. The van der Waals surface area contributed by atoms with Crippen molar-refractivity contribution >= 4 is 33.4 Å². The number of amides is 1. The second-order valence-corrected chi connectivity index (χ2v) is 9.62. The zero-order valence-corrected chi connectivity index (χ0v) is 21.6. The lowest BCUT2D eigenvalue weighted by Gasteiger charge is -2.27. The van der Waals surface area contributed by atoms with E-state index >= 15 is 0 Å². The number of aromatic amines is 1. The molecular weight excluding hydrogens is 530 g/mol. The Morgan fingerprint density at radius 1 is 1.03 bits per heavy atom. The van der Waals surface area contributed by atoms with Crippen molar-refractivity contribution in [2.45, 2.75) is 12.5 Å². The maximum Gasteiger partial charge on any atom is 0.273 e. The molecule has 0 saturated carbocycles. The Kier molecular flexibility index (Phi) is 6.54. The molecule has 6 nitrogen and oxygen atoms in total. The summed E-state index contributed by atoms with van der Waals surface area (Å²) in [5.41, 5.74) is 5.12. The molecular formula is C27H23BrClN3O3. The van der Waals surface area contributed by atoms with Gasteiger partial charge in [-0.05, 0) is 53.9 Å². The predicted octanol–water partition coefficient (Wildman–Crippen LogP) is 6.30. The maximum absolute atomic E-state index is 13.6. The normalized spacial score (nSPS) is 14.8. The van der Waals surface area contributed by atoms with Crippen LogP contribution in [0.25, 0.3) is 11.3 Å².